The van der Waals surface area contributed by atoms with Crippen molar-refractivity contribution in [1.82, 2.24) is 4.90 Å². The third-order valence-corrected chi connectivity index (χ3v) is 4.65. The first-order valence-corrected chi connectivity index (χ1v) is 8.24. The van der Waals surface area contributed by atoms with Gasteiger partial charge in [0.2, 0.25) is 0 Å². The lowest BCUT2D eigenvalue weighted by atomic mass is 9.88. The number of aryl methyl sites for hydroxylation is 2. The predicted molar refractivity (Wildman–Crippen MR) is 94.4 cm³/mol. The minimum atomic E-state index is 0.404. The number of benzene rings is 1. The van der Waals surface area contributed by atoms with E-state index in [-0.39, 0.29) is 0 Å². The van der Waals surface area contributed by atoms with E-state index in [9.17, 15) is 0 Å². The van der Waals surface area contributed by atoms with Gasteiger partial charge in [-0.2, -0.15) is 0 Å². The molecule has 0 radical (unpaired) electrons. The minimum absolute atomic E-state index is 0.404. The number of rotatable bonds is 7. The second-order valence-corrected chi connectivity index (χ2v) is 6.78. The first-order valence-electron chi connectivity index (χ1n) is 8.24. The molecule has 0 spiro atoms. The lowest BCUT2D eigenvalue weighted by Crippen LogP contribution is -2.49. The predicted octanol–water partition coefficient (Wildman–Crippen LogP) is 2.17. The van der Waals surface area contributed by atoms with Gasteiger partial charge in [-0.15, -0.1) is 0 Å². The highest BCUT2D eigenvalue weighted by Gasteiger charge is 2.28. The molecule has 114 valence electrons. The van der Waals surface area contributed by atoms with E-state index in [1.54, 1.807) is 0 Å². The van der Waals surface area contributed by atoms with Gasteiger partial charge in [0, 0.05) is 31.2 Å². The Morgan fingerprint density at radius 3 is 2.76 bits per heavy atom. The van der Waals surface area contributed by atoms with Crippen molar-refractivity contribution < 1.29 is 0 Å². The summed E-state index contributed by atoms with van der Waals surface area (Å²) in [5.74, 6) is 1.21. The molecule has 1 fully saturated rings. The zero-order valence-corrected chi connectivity index (χ0v) is 13.9. The van der Waals surface area contributed by atoms with Crippen LogP contribution in [0.1, 0.15) is 23.6 Å². The van der Waals surface area contributed by atoms with Crippen molar-refractivity contribution in [2.24, 2.45) is 17.6 Å². The molecule has 1 unspecified atom stereocenters. The Hall–Kier alpha value is -1.22. The molecule has 21 heavy (non-hydrogen) atoms. The molecule has 1 aromatic rings. The van der Waals surface area contributed by atoms with Crippen molar-refractivity contribution >= 4 is 7.85 Å². The molecule has 1 heterocycles. The molecule has 0 aromatic heterocycles. The highest BCUT2D eigenvalue weighted by atomic mass is 15.2. The molecule has 1 aliphatic rings. The largest absolute Gasteiger partial charge is 0.402 e. The van der Waals surface area contributed by atoms with Crippen LogP contribution in [0.3, 0.4) is 0 Å². The fraction of sp³-hybridized carbons (Fsp3) is 0.556. The molecular weight excluding hydrogens is 255 g/mol. The number of nitrogens with zero attached hydrogens (tertiary/aromatic N) is 1. The van der Waals surface area contributed by atoms with Crippen molar-refractivity contribution in [3.05, 3.63) is 47.2 Å². The summed E-state index contributed by atoms with van der Waals surface area (Å²) in [4.78, 5) is 2.49. The van der Waals surface area contributed by atoms with Crippen LogP contribution >= 0.6 is 0 Å². The van der Waals surface area contributed by atoms with Crippen molar-refractivity contribution in [3.8, 4) is 0 Å². The van der Waals surface area contributed by atoms with Crippen LogP contribution in [0.4, 0.5) is 0 Å². The molecule has 2 rings (SSSR count). The topological polar surface area (TPSA) is 29.3 Å². The number of likely N-dealkylation sites (tertiary alicyclic amines) is 1. The van der Waals surface area contributed by atoms with E-state index in [1.165, 1.54) is 48.9 Å². The van der Waals surface area contributed by atoms with Crippen molar-refractivity contribution in [2.45, 2.75) is 33.0 Å². The quantitative estimate of drug-likeness (QED) is 0.778. The summed E-state index contributed by atoms with van der Waals surface area (Å²) in [5, 5.41) is 0. The normalized spacial score (nSPS) is 17.4. The Bertz CT molecular complexity index is 492. The fourth-order valence-electron chi connectivity index (χ4n) is 3.20. The lowest BCUT2D eigenvalue weighted by molar-refractivity contribution is 0.0894. The average molecular weight is 284 g/mol. The maximum atomic E-state index is 5.76. The van der Waals surface area contributed by atoms with Gasteiger partial charge in [-0.3, -0.25) is 0 Å². The van der Waals surface area contributed by atoms with Crippen LogP contribution < -0.4 is 5.73 Å². The molecule has 0 bridgehead atoms. The molecule has 3 heteroatoms. The van der Waals surface area contributed by atoms with Gasteiger partial charge < -0.3 is 10.6 Å². The molecular formula is C18H29BN2. The summed E-state index contributed by atoms with van der Waals surface area (Å²) in [6.45, 7) is 11.7. The van der Waals surface area contributed by atoms with E-state index in [0.717, 1.165) is 18.2 Å². The van der Waals surface area contributed by atoms with E-state index in [4.69, 9.17) is 5.73 Å². The first kappa shape index (κ1) is 16.2. The smallest absolute Gasteiger partial charge is 0.101 e. The maximum absolute atomic E-state index is 5.76. The van der Waals surface area contributed by atoms with E-state index in [0.29, 0.717) is 5.92 Å². The molecule has 1 aromatic carbocycles. The van der Waals surface area contributed by atoms with Crippen LogP contribution in [-0.4, -0.2) is 32.4 Å². The summed E-state index contributed by atoms with van der Waals surface area (Å²) in [5.41, 5.74) is 11.0. The van der Waals surface area contributed by atoms with E-state index >= 15 is 0 Å². The third-order valence-electron chi connectivity index (χ3n) is 4.65. The van der Waals surface area contributed by atoms with Crippen molar-refractivity contribution in [2.75, 3.05) is 19.6 Å². The Labute approximate surface area is 130 Å². The van der Waals surface area contributed by atoms with E-state index < -0.39 is 0 Å². The second kappa shape index (κ2) is 7.17. The molecule has 1 atom stereocenters. The maximum Gasteiger partial charge on any atom is 0.101 e. The van der Waals surface area contributed by atoms with Crippen LogP contribution in [0.5, 0.6) is 0 Å². The molecule has 0 amide bonds. The van der Waals surface area contributed by atoms with Gasteiger partial charge in [0.15, 0.2) is 0 Å². The van der Waals surface area contributed by atoms with Gasteiger partial charge in [-0.05, 0) is 42.4 Å². The molecule has 2 nitrogen and oxygen atoms in total. The number of nitrogens with two attached hydrogens (primary N) is 1. The average Bonchev–Trinajstić information content (AvgIpc) is 2.38. The van der Waals surface area contributed by atoms with Gasteiger partial charge in [-0.25, -0.2) is 0 Å². The van der Waals surface area contributed by atoms with Crippen LogP contribution in [0.2, 0.25) is 6.32 Å². The molecule has 2 N–H and O–H groups in total. The van der Waals surface area contributed by atoms with E-state index in [2.05, 4.69) is 51.4 Å². The summed E-state index contributed by atoms with van der Waals surface area (Å²) in [6.07, 6.45) is 3.63. The number of hydrogen-bond donors (Lipinski definition) is 1. The summed E-state index contributed by atoms with van der Waals surface area (Å²) in [6, 6.07) is 7.02. The van der Waals surface area contributed by atoms with Crippen LogP contribution in [-0.2, 0) is 12.8 Å². The van der Waals surface area contributed by atoms with Crippen LogP contribution in [0.15, 0.2) is 30.5 Å². The Kier molecular flexibility index (Phi) is 5.52. The Morgan fingerprint density at radius 2 is 2.19 bits per heavy atom. The van der Waals surface area contributed by atoms with Crippen molar-refractivity contribution in [3.63, 3.8) is 0 Å². The highest BCUT2D eigenvalue weighted by molar-refractivity contribution is 6.08. The summed E-state index contributed by atoms with van der Waals surface area (Å²) >= 11 is 0. The van der Waals surface area contributed by atoms with Crippen molar-refractivity contribution in [1.29, 1.82) is 0 Å². The van der Waals surface area contributed by atoms with Gasteiger partial charge in [-0.1, -0.05) is 38.0 Å². The molecule has 1 aliphatic heterocycles. The standard InChI is InChI=1S/C18H29BN2/c1-13-8-16(6-7-19)4-5-18(13)9-17-11-21(12-17)10-14(2)15(3)20/h4-5,8,14,17H,3,6-7,9-12,19-20H2,1-2H3. The summed E-state index contributed by atoms with van der Waals surface area (Å²) < 4.78 is 0. The summed E-state index contributed by atoms with van der Waals surface area (Å²) in [7, 11) is 2.24. The van der Waals surface area contributed by atoms with Gasteiger partial charge in [0.25, 0.3) is 0 Å². The monoisotopic (exact) mass is 284 g/mol. The van der Waals surface area contributed by atoms with E-state index in [1.807, 2.05) is 0 Å². The van der Waals surface area contributed by atoms with Crippen LogP contribution in [0.25, 0.3) is 0 Å². The fourth-order valence-corrected chi connectivity index (χ4v) is 3.20. The van der Waals surface area contributed by atoms with Gasteiger partial charge in [0.1, 0.15) is 7.85 Å². The molecule has 1 saturated heterocycles. The SMILES string of the molecule is BCCc1ccc(CC2CN(CC(C)C(=C)N)C2)c(C)c1. The number of hydrogen-bond acceptors (Lipinski definition) is 2. The third kappa shape index (κ3) is 4.37. The highest BCUT2D eigenvalue weighted by Crippen LogP contribution is 2.24. The zero-order valence-electron chi connectivity index (χ0n) is 13.9. The minimum Gasteiger partial charge on any atom is -0.402 e. The van der Waals surface area contributed by atoms with Crippen LogP contribution in [0, 0.1) is 18.8 Å². The molecule has 0 aliphatic carbocycles. The van der Waals surface area contributed by atoms with Gasteiger partial charge in [0.05, 0.1) is 0 Å². The Balaban J connectivity index is 1.81. The lowest BCUT2D eigenvalue weighted by Gasteiger charge is -2.41. The zero-order chi connectivity index (χ0) is 15.4. The Morgan fingerprint density at radius 1 is 1.48 bits per heavy atom. The molecule has 0 saturated carbocycles. The first-order chi connectivity index (χ1) is 9.99. The van der Waals surface area contributed by atoms with Gasteiger partial charge >= 0.3 is 0 Å². The second-order valence-electron chi connectivity index (χ2n) is 6.78.